The van der Waals surface area contributed by atoms with Crippen LogP contribution in [0.5, 0.6) is 5.75 Å². The SMILES string of the molecule is OOOSc1c(F)c(F)c(OCC2CCCCC2)c(F)c1F. The molecule has 0 unspecified atom stereocenters. The maximum absolute atomic E-state index is 13.8. The lowest BCUT2D eigenvalue weighted by Crippen LogP contribution is -2.17. The Bertz CT molecular complexity index is 494. The highest BCUT2D eigenvalue weighted by Crippen LogP contribution is 2.36. The first kappa shape index (κ1) is 17.3. The third-order valence-electron chi connectivity index (χ3n) is 3.52. The summed E-state index contributed by atoms with van der Waals surface area (Å²) in [5.41, 5.74) is 0. The summed E-state index contributed by atoms with van der Waals surface area (Å²) in [6.07, 6.45) is 4.79. The fourth-order valence-electron chi connectivity index (χ4n) is 2.40. The van der Waals surface area contributed by atoms with Crippen LogP contribution in [0, 0.1) is 29.2 Å². The lowest BCUT2D eigenvalue weighted by molar-refractivity contribution is -0.432. The minimum absolute atomic E-state index is 0.00450. The molecule has 0 saturated heterocycles. The van der Waals surface area contributed by atoms with Crippen molar-refractivity contribution in [3.63, 3.8) is 0 Å². The van der Waals surface area contributed by atoms with Crippen LogP contribution in [0.1, 0.15) is 32.1 Å². The Balaban J connectivity index is 2.16. The molecule has 1 aliphatic carbocycles. The zero-order valence-corrected chi connectivity index (χ0v) is 12.2. The molecule has 22 heavy (non-hydrogen) atoms. The zero-order chi connectivity index (χ0) is 16.1. The summed E-state index contributed by atoms with van der Waals surface area (Å²) in [4.78, 5) is -1.12. The van der Waals surface area contributed by atoms with E-state index in [-0.39, 0.29) is 24.6 Å². The van der Waals surface area contributed by atoms with Gasteiger partial charge in [0, 0.05) is 0 Å². The quantitative estimate of drug-likeness (QED) is 0.268. The molecule has 1 aliphatic rings. The largest absolute Gasteiger partial charge is 0.487 e. The van der Waals surface area contributed by atoms with E-state index in [1.54, 1.807) is 0 Å². The molecular formula is C13H14F4O4S. The highest BCUT2D eigenvalue weighted by molar-refractivity contribution is 7.94. The van der Waals surface area contributed by atoms with Gasteiger partial charge in [0.15, 0.2) is 17.4 Å². The van der Waals surface area contributed by atoms with E-state index in [1.807, 2.05) is 0 Å². The Morgan fingerprint density at radius 3 is 2.09 bits per heavy atom. The third-order valence-corrected chi connectivity index (χ3v) is 4.17. The molecule has 1 aromatic rings. The number of hydrogen-bond donors (Lipinski definition) is 1. The molecule has 0 heterocycles. The minimum atomic E-state index is -1.68. The van der Waals surface area contributed by atoms with E-state index in [1.165, 1.54) is 0 Å². The van der Waals surface area contributed by atoms with Gasteiger partial charge in [0.2, 0.25) is 11.6 Å². The number of ether oxygens (including phenoxy) is 1. The Labute approximate surface area is 128 Å². The molecule has 1 aromatic carbocycles. The smallest absolute Gasteiger partial charge is 0.205 e. The molecule has 0 amide bonds. The van der Waals surface area contributed by atoms with Gasteiger partial charge in [-0.25, -0.2) is 14.0 Å². The van der Waals surface area contributed by atoms with Crippen molar-refractivity contribution in [1.29, 1.82) is 0 Å². The average Bonchev–Trinajstić information content (AvgIpc) is 2.54. The van der Waals surface area contributed by atoms with E-state index in [9.17, 15) is 17.6 Å². The summed E-state index contributed by atoms with van der Waals surface area (Å²) in [6.45, 7) is -0.00450. The Morgan fingerprint density at radius 2 is 1.55 bits per heavy atom. The molecule has 9 heteroatoms. The van der Waals surface area contributed by atoms with E-state index < -0.39 is 33.9 Å². The van der Waals surface area contributed by atoms with E-state index in [2.05, 4.69) is 9.37 Å². The summed E-state index contributed by atoms with van der Waals surface area (Å²) in [6, 6.07) is 0. The first-order valence-electron chi connectivity index (χ1n) is 6.69. The van der Waals surface area contributed by atoms with Crippen molar-refractivity contribution in [2.24, 2.45) is 5.92 Å². The van der Waals surface area contributed by atoms with Crippen LogP contribution < -0.4 is 4.74 Å². The molecule has 0 radical (unpaired) electrons. The molecule has 0 spiro atoms. The molecule has 0 atom stereocenters. The van der Waals surface area contributed by atoms with Crippen molar-refractivity contribution in [3.05, 3.63) is 23.3 Å². The van der Waals surface area contributed by atoms with E-state index in [0.29, 0.717) is 0 Å². The summed E-state index contributed by atoms with van der Waals surface area (Å²) in [5.74, 6) is -7.65. The fraction of sp³-hybridized carbons (Fsp3) is 0.538. The molecule has 0 bridgehead atoms. The summed E-state index contributed by atoms with van der Waals surface area (Å²) in [5, 5.41) is 11.1. The number of hydrogen-bond acceptors (Lipinski definition) is 5. The molecule has 4 nitrogen and oxygen atoms in total. The van der Waals surface area contributed by atoms with Crippen LogP contribution in [0.25, 0.3) is 0 Å². The van der Waals surface area contributed by atoms with E-state index in [4.69, 9.17) is 9.99 Å². The lowest BCUT2D eigenvalue weighted by Gasteiger charge is -2.22. The van der Waals surface area contributed by atoms with Gasteiger partial charge in [-0.3, -0.25) is 0 Å². The predicted molar refractivity (Wildman–Crippen MR) is 69.0 cm³/mol. The standard InChI is InChI=1S/C13H14F4O4S/c14-8-10(16)13(22-21-20-18)11(17)9(15)12(8)19-6-7-4-2-1-3-5-7/h7,18H,1-6H2. The second-order valence-corrected chi connectivity index (χ2v) is 5.67. The van der Waals surface area contributed by atoms with Crippen LogP contribution in [-0.2, 0) is 9.37 Å². The molecule has 1 fully saturated rings. The summed E-state index contributed by atoms with van der Waals surface area (Å²) >= 11 is -0.201. The van der Waals surface area contributed by atoms with Gasteiger partial charge in [0.25, 0.3) is 0 Å². The van der Waals surface area contributed by atoms with Crippen LogP contribution in [-0.4, -0.2) is 11.9 Å². The maximum atomic E-state index is 13.8. The first-order valence-corrected chi connectivity index (χ1v) is 7.44. The van der Waals surface area contributed by atoms with Gasteiger partial charge in [-0.1, -0.05) is 24.3 Å². The second-order valence-electron chi connectivity index (χ2n) is 4.96. The number of rotatable bonds is 6. The Morgan fingerprint density at radius 1 is 0.955 bits per heavy atom. The Kier molecular flexibility index (Phi) is 6.30. The van der Waals surface area contributed by atoms with Crippen LogP contribution in [0.2, 0.25) is 0 Å². The molecule has 1 saturated carbocycles. The van der Waals surface area contributed by atoms with Gasteiger partial charge in [0.1, 0.15) is 4.90 Å². The van der Waals surface area contributed by atoms with Gasteiger partial charge in [-0.2, -0.15) is 8.78 Å². The van der Waals surface area contributed by atoms with Gasteiger partial charge in [0.05, 0.1) is 18.6 Å². The van der Waals surface area contributed by atoms with Gasteiger partial charge in [-0.05, 0) is 18.8 Å². The van der Waals surface area contributed by atoms with Crippen molar-refractivity contribution in [2.75, 3.05) is 6.61 Å². The molecule has 1 N–H and O–H groups in total. The summed E-state index contributed by atoms with van der Waals surface area (Å²) < 4.78 is 63.8. The molecule has 0 aromatic heterocycles. The summed E-state index contributed by atoms with van der Waals surface area (Å²) in [7, 11) is 0. The first-order chi connectivity index (χ1) is 10.6. The van der Waals surface area contributed by atoms with Crippen LogP contribution >= 0.6 is 12.0 Å². The highest BCUT2D eigenvalue weighted by atomic mass is 32.2. The van der Waals surface area contributed by atoms with Gasteiger partial charge in [-0.15, -0.1) is 4.33 Å². The monoisotopic (exact) mass is 342 g/mol. The third kappa shape index (κ3) is 3.83. The van der Waals surface area contributed by atoms with Crippen molar-refractivity contribution >= 4 is 12.0 Å². The van der Waals surface area contributed by atoms with Crippen LogP contribution in [0.4, 0.5) is 17.6 Å². The van der Waals surface area contributed by atoms with Crippen LogP contribution in [0.15, 0.2) is 4.90 Å². The highest BCUT2D eigenvalue weighted by Gasteiger charge is 2.28. The molecule has 2 rings (SSSR count). The van der Waals surface area contributed by atoms with Gasteiger partial charge >= 0.3 is 0 Å². The normalized spacial score (nSPS) is 16.0. The number of halogens is 4. The average molecular weight is 342 g/mol. The van der Waals surface area contributed by atoms with Crippen molar-refractivity contribution in [3.8, 4) is 5.75 Å². The molecule has 0 aliphatic heterocycles. The maximum Gasteiger partial charge on any atom is 0.205 e. The topological polar surface area (TPSA) is 47.9 Å². The van der Waals surface area contributed by atoms with Gasteiger partial charge < -0.3 is 4.74 Å². The zero-order valence-electron chi connectivity index (χ0n) is 11.4. The van der Waals surface area contributed by atoms with E-state index >= 15 is 0 Å². The van der Waals surface area contributed by atoms with E-state index in [0.717, 1.165) is 32.1 Å². The molecule has 124 valence electrons. The van der Waals surface area contributed by atoms with Crippen molar-refractivity contribution in [1.82, 2.24) is 0 Å². The number of benzene rings is 1. The van der Waals surface area contributed by atoms with Crippen molar-refractivity contribution < 1.29 is 36.9 Å². The lowest BCUT2D eigenvalue weighted by atomic mass is 9.90. The Hall–Kier alpha value is -1.03. The van der Waals surface area contributed by atoms with Crippen molar-refractivity contribution in [2.45, 2.75) is 37.0 Å². The minimum Gasteiger partial charge on any atom is -0.487 e. The second kappa shape index (κ2) is 8.00. The predicted octanol–water partition coefficient (Wildman–Crippen LogP) is 4.63. The van der Waals surface area contributed by atoms with Crippen LogP contribution in [0.3, 0.4) is 0 Å². The molecular weight excluding hydrogens is 328 g/mol. The fourth-order valence-corrected chi connectivity index (χ4v) is 2.82.